The van der Waals surface area contributed by atoms with Gasteiger partial charge in [-0.1, -0.05) is 12.1 Å². The number of nitrogens with two attached hydrogens (primary N) is 1. The van der Waals surface area contributed by atoms with Gasteiger partial charge in [0.25, 0.3) is 0 Å². The summed E-state index contributed by atoms with van der Waals surface area (Å²) < 4.78 is 76.9. The lowest BCUT2D eigenvalue weighted by Gasteiger charge is -2.29. The molecule has 2 amide bonds. The molecule has 4 aliphatic rings. The van der Waals surface area contributed by atoms with Crippen LogP contribution in [0.2, 0.25) is 0 Å². The number of rotatable bonds is 17. The van der Waals surface area contributed by atoms with Crippen LogP contribution in [-0.2, 0) is 18.9 Å². The predicted octanol–water partition coefficient (Wildman–Crippen LogP) is 4.78. The molecule has 0 spiro atoms. The highest BCUT2D eigenvalue weighted by molar-refractivity contribution is 5.94. The van der Waals surface area contributed by atoms with Crippen molar-refractivity contribution in [1.82, 2.24) is 19.9 Å². The first-order valence-electron chi connectivity index (χ1n) is 25.8. The third-order valence-corrected chi connectivity index (χ3v) is 13.5. The Labute approximate surface area is 457 Å². The molecule has 0 saturated heterocycles. The van der Waals surface area contributed by atoms with Crippen LogP contribution in [0.3, 0.4) is 0 Å². The number of anilines is 5. The van der Waals surface area contributed by atoms with Gasteiger partial charge in [-0.25, -0.2) is 47.1 Å². The second-order valence-electron chi connectivity index (χ2n) is 22.0. The van der Waals surface area contributed by atoms with Crippen molar-refractivity contribution in [2.75, 3.05) is 52.6 Å². The molecule has 4 aromatic rings. The van der Waals surface area contributed by atoms with Crippen LogP contribution in [-0.4, -0.2) is 166 Å². The third-order valence-electron chi connectivity index (χ3n) is 13.5. The summed E-state index contributed by atoms with van der Waals surface area (Å²) in [7, 11) is 0. The number of benzene rings is 2. The van der Waals surface area contributed by atoms with Gasteiger partial charge in [0, 0.05) is 23.9 Å². The number of ether oxygens (including phenoxy) is 4. The fraction of sp³-hybridized carbons (Fsp3) is 0.577. The van der Waals surface area contributed by atoms with Crippen LogP contribution in [0.4, 0.5) is 61.8 Å². The molecule has 0 radical (unpaired) electrons. The Morgan fingerprint density at radius 3 is 1.45 bits per heavy atom. The SMILES string of the molecule is Cc1nc(N[C@@H]2C[C@H](OCCO)[C@@H](O)[C@H]2O)c(N)c(N(C(=O)OC(C)(C)C)[C@@H]2C[C@H]2c2ccc(F)c(F)c2)n1.Cc1nc(N[C@@H]2C[C@H](OCCO)[C@@H](O)[C@H]2O)c([N+](=O)[O-])c(N(C(=O)OC(C)(C)C)[C@@H]2C[C@H]2c2ccc(F)c(F)c2)n1. The second kappa shape index (κ2) is 24.6. The average Bonchev–Trinajstić information content (AvgIpc) is 4.30. The van der Waals surface area contributed by atoms with Crippen molar-refractivity contribution in [3.63, 3.8) is 0 Å². The van der Waals surface area contributed by atoms with E-state index in [0.29, 0.717) is 17.5 Å². The number of nitrogen functional groups attached to an aromatic ring is 1. The van der Waals surface area contributed by atoms with Crippen LogP contribution < -0.4 is 26.2 Å². The molecular weight excluding hydrogens is 1060 g/mol. The summed E-state index contributed by atoms with van der Waals surface area (Å²) in [6.45, 7) is 12.5. The van der Waals surface area contributed by atoms with E-state index < -0.39 is 124 Å². The molecular formula is C52H68F4N10O14. The minimum atomic E-state index is -1.39. The molecule has 2 aromatic heterocycles. The van der Waals surface area contributed by atoms with Gasteiger partial charge in [0.2, 0.25) is 11.6 Å². The highest BCUT2D eigenvalue weighted by Gasteiger charge is 2.52. The summed E-state index contributed by atoms with van der Waals surface area (Å²) in [5.41, 5.74) is 4.88. The molecule has 8 rings (SSSR count). The number of amides is 2. The number of nitrogens with zero attached hydrogens (tertiary/aromatic N) is 7. The number of nitro groups is 1. The van der Waals surface area contributed by atoms with Crippen LogP contribution in [0, 0.1) is 47.2 Å². The highest BCUT2D eigenvalue weighted by atomic mass is 19.2. The Bertz CT molecular complexity index is 2900. The maximum Gasteiger partial charge on any atom is 0.416 e. The van der Waals surface area contributed by atoms with E-state index in [1.54, 1.807) is 48.5 Å². The number of hydrogen-bond donors (Lipinski definition) is 9. The van der Waals surface area contributed by atoms with Crippen LogP contribution in [0.15, 0.2) is 36.4 Å². The number of carbonyl (C=O) groups excluding carboxylic acids is 2. The number of aliphatic hydroxyl groups is 6. The number of aromatic nitrogens is 4. The van der Waals surface area contributed by atoms with E-state index in [2.05, 4.69) is 30.6 Å². The summed E-state index contributed by atoms with van der Waals surface area (Å²) in [6.07, 6.45) is -7.40. The van der Waals surface area contributed by atoms with E-state index in [9.17, 15) is 57.7 Å². The van der Waals surface area contributed by atoms with E-state index >= 15 is 0 Å². The lowest BCUT2D eigenvalue weighted by atomic mass is 10.1. The molecule has 4 aliphatic carbocycles. The number of halogens is 4. The number of hydrogen-bond acceptors (Lipinski definition) is 21. The molecule has 2 aromatic carbocycles. The van der Waals surface area contributed by atoms with Gasteiger partial charge in [0.05, 0.1) is 55.6 Å². The van der Waals surface area contributed by atoms with Crippen LogP contribution >= 0.6 is 0 Å². The van der Waals surface area contributed by atoms with Gasteiger partial charge in [-0.2, -0.15) is 0 Å². The maximum absolute atomic E-state index is 14.0. The minimum Gasteiger partial charge on any atom is -0.443 e. The first-order valence-corrected chi connectivity index (χ1v) is 25.8. The number of carbonyl (C=O) groups is 2. The molecule has 80 heavy (non-hydrogen) atoms. The Morgan fingerprint density at radius 1 is 0.650 bits per heavy atom. The summed E-state index contributed by atoms with van der Waals surface area (Å²) in [5, 5.41) is 78.1. The van der Waals surface area contributed by atoms with E-state index in [-0.39, 0.29) is 92.2 Å². The second-order valence-corrected chi connectivity index (χ2v) is 22.0. The van der Waals surface area contributed by atoms with Gasteiger partial charge in [-0.05, 0) is 116 Å². The zero-order valence-electron chi connectivity index (χ0n) is 45.2. The molecule has 2 heterocycles. The maximum atomic E-state index is 14.0. The first-order chi connectivity index (χ1) is 37.5. The van der Waals surface area contributed by atoms with Crippen LogP contribution in [0.25, 0.3) is 0 Å². The van der Waals surface area contributed by atoms with Crippen molar-refractivity contribution in [3.8, 4) is 0 Å². The summed E-state index contributed by atoms with van der Waals surface area (Å²) >= 11 is 0. The van der Waals surface area contributed by atoms with E-state index in [1.165, 1.54) is 24.0 Å². The summed E-state index contributed by atoms with van der Waals surface area (Å²) in [4.78, 5) is 58.0. The molecule has 4 fully saturated rings. The summed E-state index contributed by atoms with van der Waals surface area (Å²) in [5.74, 6) is -5.01. The molecule has 0 aliphatic heterocycles. The largest absolute Gasteiger partial charge is 0.443 e. The van der Waals surface area contributed by atoms with Gasteiger partial charge in [-0.3, -0.25) is 19.9 Å². The van der Waals surface area contributed by atoms with Crippen molar-refractivity contribution in [2.45, 2.75) is 165 Å². The van der Waals surface area contributed by atoms with Gasteiger partial charge in [0.1, 0.15) is 53.0 Å². The normalized spacial score (nSPS) is 26.0. The van der Waals surface area contributed by atoms with Crippen molar-refractivity contribution >= 4 is 46.8 Å². The van der Waals surface area contributed by atoms with Crippen LogP contribution in [0.5, 0.6) is 0 Å². The fourth-order valence-electron chi connectivity index (χ4n) is 9.72. The Hall–Kier alpha value is -6.66. The van der Waals surface area contributed by atoms with E-state index in [1.807, 2.05) is 0 Å². The third kappa shape index (κ3) is 14.3. The highest BCUT2D eigenvalue weighted by Crippen LogP contribution is 2.50. The molecule has 4 saturated carbocycles. The van der Waals surface area contributed by atoms with E-state index in [0.717, 1.165) is 29.2 Å². The standard InChI is InChI=1S/C26H33F2N5O8.C26H35F2N5O6/c1-12-29-23(31-17-11-19(40-8-7-34)22(36)21(17)35)20(33(38)39)24(30-12)32(25(37)41-26(2,3)4)18-10-14(18)13-5-6-15(27)16(28)9-13;1-12-30-23(32-17-11-19(38-8-7-34)22(36)21(17)35)20(29)24(31-12)33(25(37)39-26(2,3)4)18-10-14(18)13-5-6-15(27)16(28)9-13/h5-6,9,14,17-19,21-22,34-36H,7-8,10-11H2,1-4H3,(H,29,30,31);5-6,9,14,17-19,21-22,34-36H,7-8,10-11,29H2,1-4H3,(H,30,31,32)/t2*14-,17+,18+,19-,21-,22+/m00/s1. The van der Waals surface area contributed by atoms with Crippen molar-refractivity contribution in [3.05, 3.63) is 92.6 Å². The monoisotopic (exact) mass is 1130 g/mol. The molecule has 0 bridgehead atoms. The smallest absolute Gasteiger partial charge is 0.416 e. The van der Waals surface area contributed by atoms with Crippen LogP contribution in [0.1, 0.15) is 102 Å². The number of nitrogens with one attached hydrogen (secondary N) is 2. The number of aliphatic hydroxyl groups excluding tert-OH is 6. The minimum absolute atomic E-state index is 0.00353. The van der Waals surface area contributed by atoms with Gasteiger partial charge in [-0.15, -0.1) is 0 Å². The zero-order valence-corrected chi connectivity index (χ0v) is 45.2. The van der Waals surface area contributed by atoms with Gasteiger partial charge >= 0.3 is 17.9 Å². The first kappa shape index (κ1) is 61.0. The van der Waals surface area contributed by atoms with Crippen molar-refractivity contribution in [1.29, 1.82) is 0 Å². The van der Waals surface area contributed by atoms with Crippen molar-refractivity contribution in [2.24, 2.45) is 0 Å². The molecule has 24 nitrogen and oxygen atoms in total. The Kier molecular flexibility index (Phi) is 18.7. The fourth-order valence-corrected chi connectivity index (χ4v) is 9.72. The Morgan fingerprint density at radius 2 is 1.05 bits per heavy atom. The predicted molar refractivity (Wildman–Crippen MR) is 279 cm³/mol. The van der Waals surface area contributed by atoms with Crippen molar-refractivity contribution < 1.29 is 81.7 Å². The average molecular weight is 1130 g/mol. The van der Waals surface area contributed by atoms with E-state index in [4.69, 9.17) is 34.9 Å². The lowest BCUT2D eigenvalue weighted by molar-refractivity contribution is -0.383. The molecule has 28 heteroatoms. The lowest BCUT2D eigenvalue weighted by Crippen LogP contribution is -2.40. The number of aryl methyl sites for hydroxylation is 2. The molecule has 438 valence electrons. The quantitative estimate of drug-likeness (QED) is 0.0390. The molecule has 10 N–H and O–H groups in total. The van der Waals surface area contributed by atoms with Gasteiger partial charge in [0.15, 0.2) is 34.9 Å². The Balaban J connectivity index is 0.000000231. The molecule has 0 unspecified atom stereocenters. The topological polar surface area (TPSA) is 344 Å². The zero-order chi connectivity index (χ0) is 58.9. The molecule has 12 atom stereocenters. The summed E-state index contributed by atoms with van der Waals surface area (Å²) in [6, 6.07) is 4.14. The van der Waals surface area contributed by atoms with Gasteiger partial charge < -0.3 is 66.0 Å².